The number of rotatable bonds is 3. The van der Waals surface area contributed by atoms with Gasteiger partial charge in [0.15, 0.2) is 0 Å². The number of benzene rings is 1. The second-order valence-corrected chi connectivity index (χ2v) is 3.86. The fourth-order valence-corrected chi connectivity index (χ4v) is 1.54. The summed E-state index contributed by atoms with van der Waals surface area (Å²) in [6, 6.07) is 5.71. The van der Waals surface area contributed by atoms with E-state index in [0.717, 1.165) is 6.26 Å². The normalized spacial score (nSPS) is 10.8. The van der Waals surface area contributed by atoms with Crippen molar-refractivity contribution in [3.63, 3.8) is 0 Å². The van der Waals surface area contributed by atoms with E-state index in [-0.39, 0.29) is 4.90 Å². The van der Waals surface area contributed by atoms with Crippen molar-refractivity contribution in [3.8, 4) is 0 Å². The third kappa shape index (κ3) is 2.22. The summed E-state index contributed by atoms with van der Waals surface area (Å²) >= 11 is 0. The molecule has 13 heavy (non-hydrogen) atoms. The number of nitrogens with two attached hydrogens (primary N) is 1. The fraction of sp³-hybridized carbons (Fsp3) is 0. The van der Waals surface area contributed by atoms with E-state index >= 15 is 0 Å². The van der Waals surface area contributed by atoms with E-state index in [4.69, 9.17) is 5.73 Å². The maximum atomic E-state index is 11.2. The van der Waals surface area contributed by atoms with Gasteiger partial charge >= 0.3 is 10.1 Å². The van der Waals surface area contributed by atoms with Crippen LogP contribution in [0, 0.1) is 0 Å². The molecule has 0 aliphatic carbocycles. The van der Waals surface area contributed by atoms with Gasteiger partial charge in [-0.2, -0.15) is 8.42 Å². The third-order valence-electron chi connectivity index (χ3n) is 1.36. The Bertz CT molecular complexity index is 394. The van der Waals surface area contributed by atoms with Crippen molar-refractivity contribution in [3.05, 3.63) is 37.1 Å². The number of anilines is 1. The first-order valence-electron chi connectivity index (χ1n) is 3.46. The van der Waals surface area contributed by atoms with Crippen LogP contribution < -0.4 is 5.73 Å². The van der Waals surface area contributed by atoms with Crippen molar-refractivity contribution in [2.45, 2.75) is 4.90 Å². The van der Waals surface area contributed by atoms with E-state index in [2.05, 4.69) is 10.8 Å². The SMILES string of the molecule is C=COS(=O)(=O)c1ccc(N)cc1. The van der Waals surface area contributed by atoms with Crippen LogP contribution in [0.5, 0.6) is 0 Å². The Hall–Kier alpha value is -1.49. The van der Waals surface area contributed by atoms with Crippen molar-refractivity contribution in [2.75, 3.05) is 5.73 Å². The highest BCUT2D eigenvalue weighted by molar-refractivity contribution is 7.86. The first-order valence-corrected chi connectivity index (χ1v) is 4.87. The molecule has 0 aliphatic rings. The van der Waals surface area contributed by atoms with E-state index in [1.807, 2.05) is 0 Å². The minimum atomic E-state index is -3.70. The van der Waals surface area contributed by atoms with Gasteiger partial charge in [-0.25, -0.2) is 0 Å². The molecular formula is C8H9NO3S. The molecule has 70 valence electrons. The number of hydrogen-bond acceptors (Lipinski definition) is 4. The van der Waals surface area contributed by atoms with Gasteiger partial charge in [-0.3, -0.25) is 0 Å². The lowest BCUT2D eigenvalue weighted by molar-refractivity contribution is 0.445. The van der Waals surface area contributed by atoms with Gasteiger partial charge in [0.25, 0.3) is 0 Å². The molecule has 1 aromatic carbocycles. The molecule has 0 aliphatic heterocycles. The topological polar surface area (TPSA) is 69.4 Å². The van der Waals surface area contributed by atoms with Crippen molar-refractivity contribution in [1.29, 1.82) is 0 Å². The van der Waals surface area contributed by atoms with Gasteiger partial charge in [-0.05, 0) is 24.3 Å². The average molecular weight is 199 g/mol. The molecule has 1 rings (SSSR count). The molecule has 2 N–H and O–H groups in total. The van der Waals surface area contributed by atoms with E-state index in [1.54, 1.807) is 0 Å². The van der Waals surface area contributed by atoms with Crippen LogP contribution >= 0.6 is 0 Å². The van der Waals surface area contributed by atoms with Gasteiger partial charge in [0.2, 0.25) is 0 Å². The molecule has 0 fully saturated rings. The maximum Gasteiger partial charge on any atom is 0.338 e. The second kappa shape index (κ2) is 3.49. The van der Waals surface area contributed by atoms with Crippen molar-refractivity contribution < 1.29 is 12.6 Å². The number of nitrogen functional groups attached to an aromatic ring is 1. The predicted octanol–water partition coefficient (Wildman–Crippen LogP) is 1.12. The van der Waals surface area contributed by atoms with Crippen LogP contribution in [0.1, 0.15) is 0 Å². The molecule has 0 heterocycles. The van der Waals surface area contributed by atoms with E-state index in [1.165, 1.54) is 24.3 Å². The first kappa shape index (κ1) is 9.60. The molecule has 0 unspecified atom stereocenters. The van der Waals surface area contributed by atoms with Gasteiger partial charge in [-0.1, -0.05) is 6.58 Å². The van der Waals surface area contributed by atoms with Crippen LogP contribution in [0.3, 0.4) is 0 Å². The smallest absolute Gasteiger partial charge is 0.338 e. The molecule has 1 aromatic rings. The molecule has 0 saturated carbocycles. The fourth-order valence-electron chi connectivity index (χ4n) is 0.780. The Morgan fingerprint density at radius 1 is 1.31 bits per heavy atom. The summed E-state index contributed by atoms with van der Waals surface area (Å²) in [4.78, 5) is 0.0570. The lowest BCUT2D eigenvalue weighted by Gasteiger charge is -2.01. The van der Waals surface area contributed by atoms with Crippen molar-refractivity contribution in [1.82, 2.24) is 0 Å². The molecule has 5 heteroatoms. The first-order chi connectivity index (χ1) is 6.06. The van der Waals surface area contributed by atoms with Crippen molar-refractivity contribution >= 4 is 15.8 Å². The van der Waals surface area contributed by atoms with Crippen LogP contribution in [0.2, 0.25) is 0 Å². The predicted molar refractivity (Wildman–Crippen MR) is 49.3 cm³/mol. The van der Waals surface area contributed by atoms with Crippen LogP contribution in [0.25, 0.3) is 0 Å². The van der Waals surface area contributed by atoms with Gasteiger partial charge in [0.05, 0.1) is 6.26 Å². The van der Waals surface area contributed by atoms with Gasteiger partial charge in [0, 0.05) is 5.69 Å². The quantitative estimate of drug-likeness (QED) is 0.450. The molecule has 0 bridgehead atoms. The van der Waals surface area contributed by atoms with Crippen LogP contribution in [-0.4, -0.2) is 8.42 Å². The lowest BCUT2D eigenvalue weighted by atomic mass is 10.3. The zero-order chi connectivity index (χ0) is 9.90. The van der Waals surface area contributed by atoms with Crippen molar-refractivity contribution in [2.24, 2.45) is 0 Å². The molecular weight excluding hydrogens is 190 g/mol. The summed E-state index contributed by atoms with van der Waals surface area (Å²) in [5.41, 5.74) is 5.89. The van der Waals surface area contributed by atoms with E-state index < -0.39 is 10.1 Å². The van der Waals surface area contributed by atoms with Gasteiger partial charge in [0.1, 0.15) is 4.90 Å². The summed E-state index contributed by atoms with van der Waals surface area (Å²) < 4.78 is 26.8. The van der Waals surface area contributed by atoms with Crippen LogP contribution in [-0.2, 0) is 14.3 Å². The zero-order valence-electron chi connectivity index (χ0n) is 6.80. The molecule has 0 atom stereocenters. The molecule has 4 nitrogen and oxygen atoms in total. The van der Waals surface area contributed by atoms with E-state index in [9.17, 15) is 8.42 Å². The molecule has 0 spiro atoms. The lowest BCUT2D eigenvalue weighted by Crippen LogP contribution is -2.01. The van der Waals surface area contributed by atoms with Gasteiger partial charge < -0.3 is 9.92 Å². The van der Waals surface area contributed by atoms with E-state index in [0.29, 0.717) is 5.69 Å². The van der Waals surface area contributed by atoms with Gasteiger partial charge in [-0.15, -0.1) is 0 Å². The highest BCUT2D eigenvalue weighted by Gasteiger charge is 2.12. The third-order valence-corrected chi connectivity index (χ3v) is 2.60. The summed E-state index contributed by atoms with van der Waals surface area (Å²) in [6.45, 7) is 3.16. The molecule has 0 amide bonds. The Morgan fingerprint density at radius 3 is 2.31 bits per heavy atom. The molecule has 0 radical (unpaired) electrons. The average Bonchev–Trinajstić information content (AvgIpc) is 2.05. The summed E-state index contributed by atoms with van der Waals surface area (Å²) in [6.07, 6.45) is 0.867. The molecule has 0 aromatic heterocycles. The zero-order valence-corrected chi connectivity index (χ0v) is 7.62. The Kier molecular flexibility index (Phi) is 2.57. The highest BCUT2D eigenvalue weighted by atomic mass is 32.2. The summed E-state index contributed by atoms with van der Waals surface area (Å²) in [7, 11) is -3.70. The number of hydrogen-bond donors (Lipinski definition) is 1. The minimum absolute atomic E-state index is 0.0570. The second-order valence-electron chi connectivity index (χ2n) is 2.29. The Morgan fingerprint density at radius 2 is 1.85 bits per heavy atom. The largest absolute Gasteiger partial charge is 0.399 e. The monoisotopic (exact) mass is 199 g/mol. The van der Waals surface area contributed by atoms with Crippen LogP contribution in [0.15, 0.2) is 42.0 Å². The van der Waals surface area contributed by atoms with Crippen LogP contribution in [0.4, 0.5) is 5.69 Å². The Balaban J connectivity index is 3.08. The summed E-state index contributed by atoms with van der Waals surface area (Å²) in [5, 5.41) is 0. The maximum absolute atomic E-state index is 11.2. The Labute approximate surface area is 76.8 Å². The minimum Gasteiger partial charge on any atom is -0.399 e. The standard InChI is InChI=1S/C8H9NO3S/c1-2-12-13(10,11)8-5-3-7(9)4-6-8/h2-6H,1,9H2. The highest BCUT2D eigenvalue weighted by Crippen LogP contribution is 2.13. The molecule has 0 saturated heterocycles. The summed E-state index contributed by atoms with van der Waals surface area (Å²) in [5.74, 6) is 0.